The molecular weight excluding hydrogens is 328 g/mol. The molecule has 5 heteroatoms. The number of nitrogens with one attached hydrogen (secondary N) is 1. The third-order valence-corrected chi connectivity index (χ3v) is 3.61. The van der Waals surface area contributed by atoms with Crippen LogP contribution in [0.25, 0.3) is 6.08 Å². The molecule has 0 spiro atoms. The van der Waals surface area contributed by atoms with Crippen molar-refractivity contribution in [1.29, 1.82) is 5.26 Å². The van der Waals surface area contributed by atoms with Gasteiger partial charge in [-0.15, -0.1) is 0 Å². The van der Waals surface area contributed by atoms with Gasteiger partial charge in [0.2, 0.25) is 0 Å². The van der Waals surface area contributed by atoms with Gasteiger partial charge in [-0.05, 0) is 42.2 Å². The van der Waals surface area contributed by atoms with Crippen molar-refractivity contribution in [2.75, 3.05) is 6.54 Å². The molecule has 0 unspecified atom stereocenters. The summed E-state index contributed by atoms with van der Waals surface area (Å²) in [6.07, 6.45) is 6.14. The van der Waals surface area contributed by atoms with Crippen LogP contribution in [-0.4, -0.2) is 22.7 Å². The highest BCUT2D eigenvalue weighted by atomic mass is 16.3. The molecule has 0 bridgehead atoms. The number of hydrogen-bond donors (Lipinski definition) is 3. The predicted molar refractivity (Wildman–Crippen MR) is 100 cm³/mol. The number of carbonyl (C=O) groups excluding carboxylic acids is 1. The van der Waals surface area contributed by atoms with Gasteiger partial charge in [-0.2, -0.15) is 5.26 Å². The Kier molecular flexibility index (Phi) is 7.02. The molecule has 0 aromatic heterocycles. The molecule has 132 valence electrons. The van der Waals surface area contributed by atoms with E-state index in [1.807, 2.05) is 36.4 Å². The molecule has 0 aliphatic carbocycles. The third kappa shape index (κ3) is 6.17. The van der Waals surface area contributed by atoms with Crippen molar-refractivity contribution < 1.29 is 15.0 Å². The molecule has 2 aromatic rings. The highest BCUT2D eigenvalue weighted by Gasteiger charge is 2.06. The Hall–Kier alpha value is -3.52. The van der Waals surface area contributed by atoms with Crippen LogP contribution in [-0.2, 0) is 11.2 Å². The van der Waals surface area contributed by atoms with Crippen LogP contribution in [0.1, 0.15) is 17.5 Å². The zero-order valence-electron chi connectivity index (χ0n) is 14.2. The number of allylic oxidation sites excluding steroid dienone is 2. The van der Waals surface area contributed by atoms with Crippen LogP contribution in [0.2, 0.25) is 0 Å². The average molecular weight is 348 g/mol. The minimum Gasteiger partial charge on any atom is -0.508 e. The maximum atomic E-state index is 12.0. The zero-order valence-corrected chi connectivity index (χ0v) is 14.2. The van der Waals surface area contributed by atoms with Crippen molar-refractivity contribution in [3.8, 4) is 17.6 Å². The van der Waals surface area contributed by atoms with Gasteiger partial charge < -0.3 is 15.5 Å². The molecule has 0 saturated carbocycles. The summed E-state index contributed by atoms with van der Waals surface area (Å²) in [5.74, 6) is -0.556. The van der Waals surface area contributed by atoms with Gasteiger partial charge in [-0.1, -0.05) is 42.5 Å². The number of rotatable bonds is 7. The van der Waals surface area contributed by atoms with Crippen molar-refractivity contribution >= 4 is 12.0 Å². The summed E-state index contributed by atoms with van der Waals surface area (Å²) in [7, 11) is 0. The molecule has 5 nitrogen and oxygen atoms in total. The Morgan fingerprint density at radius 1 is 1.12 bits per heavy atom. The molecule has 0 aliphatic heterocycles. The topological polar surface area (TPSA) is 93.3 Å². The lowest BCUT2D eigenvalue weighted by Gasteiger charge is -2.04. The molecular formula is C21H20N2O3. The fraction of sp³-hybridized carbons (Fsp3) is 0.143. The lowest BCUT2D eigenvalue weighted by molar-refractivity contribution is -0.117. The van der Waals surface area contributed by atoms with Crippen molar-refractivity contribution in [2.24, 2.45) is 0 Å². The van der Waals surface area contributed by atoms with Crippen molar-refractivity contribution in [2.45, 2.75) is 12.8 Å². The number of nitrogens with zero attached hydrogens (tertiary/aromatic N) is 1. The number of aryl methyl sites for hydroxylation is 1. The highest BCUT2D eigenvalue weighted by molar-refractivity contribution is 5.97. The van der Waals surface area contributed by atoms with Gasteiger partial charge in [0.15, 0.2) is 0 Å². The number of hydrogen-bond acceptors (Lipinski definition) is 4. The first-order chi connectivity index (χ1) is 12.6. The summed E-state index contributed by atoms with van der Waals surface area (Å²) in [5, 5.41) is 30.7. The summed E-state index contributed by atoms with van der Waals surface area (Å²) in [6, 6.07) is 16.0. The number of aromatic hydroxyl groups is 2. The lowest BCUT2D eigenvalue weighted by Crippen LogP contribution is -2.25. The fourth-order valence-electron chi connectivity index (χ4n) is 2.37. The lowest BCUT2D eigenvalue weighted by atomic mass is 10.1. The standard InChI is InChI=1S/C21H20N2O3/c22-15-18(10-4-8-17-12-19(24)14-20(25)13-17)21(26)23-11-5-9-16-6-2-1-3-7-16/h1-4,6-8,10,12-14,24-25H,5,9,11H2,(H,23,26). The van der Waals surface area contributed by atoms with E-state index in [4.69, 9.17) is 5.26 Å². The Bertz CT molecular complexity index is 829. The van der Waals surface area contributed by atoms with Crippen molar-refractivity contribution in [1.82, 2.24) is 5.32 Å². The first-order valence-electron chi connectivity index (χ1n) is 8.22. The molecule has 2 rings (SSSR count). The second kappa shape index (κ2) is 9.70. The summed E-state index contributed by atoms with van der Waals surface area (Å²) in [6.45, 7) is 0.483. The molecule has 2 aromatic carbocycles. The Balaban J connectivity index is 1.86. The fourth-order valence-corrected chi connectivity index (χ4v) is 2.37. The number of phenolic OH excluding ortho intramolecular Hbond substituents is 2. The second-order valence-corrected chi connectivity index (χ2v) is 5.68. The van der Waals surface area contributed by atoms with Crippen LogP contribution in [0.3, 0.4) is 0 Å². The van der Waals surface area contributed by atoms with E-state index in [2.05, 4.69) is 5.32 Å². The van der Waals surface area contributed by atoms with Gasteiger partial charge in [0, 0.05) is 12.6 Å². The quantitative estimate of drug-likeness (QED) is 0.310. The summed E-state index contributed by atoms with van der Waals surface area (Å²) >= 11 is 0. The maximum absolute atomic E-state index is 12.0. The molecule has 3 N–H and O–H groups in total. The minimum atomic E-state index is -0.427. The van der Waals surface area contributed by atoms with Crippen LogP contribution in [0, 0.1) is 11.3 Å². The number of phenols is 2. The molecule has 0 fully saturated rings. The Morgan fingerprint density at radius 3 is 2.46 bits per heavy atom. The van der Waals surface area contributed by atoms with Crippen LogP contribution < -0.4 is 5.32 Å². The van der Waals surface area contributed by atoms with Crippen LogP contribution in [0.5, 0.6) is 11.5 Å². The number of nitriles is 1. The molecule has 26 heavy (non-hydrogen) atoms. The first kappa shape index (κ1) is 18.8. The minimum absolute atomic E-state index is 0.00895. The van der Waals surface area contributed by atoms with E-state index in [0.717, 1.165) is 12.8 Å². The smallest absolute Gasteiger partial charge is 0.261 e. The third-order valence-electron chi connectivity index (χ3n) is 3.61. The molecule has 0 atom stereocenters. The van der Waals surface area contributed by atoms with E-state index in [9.17, 15) is 15.0 Å². The molecule has 0 saturated heterocycles. The van der Waals surface area contributed by atoms with Gasteiger partial charge in [-0.25, -0.2) is 0 Å². The average Bonchev–Trinajstić information content (AvgIpc) is 2.62. The van der Waals surface area contributed by atoms with E-state index < -0.39 is 5.91 Å². The molecule has 0 radical (unpaired) electrons. The SMILES string of the molecule is N#CC(=CC=Cc1cc(O)cc(O)c1)C(=O)NCCCc1ccccc1. The molecule has 1 amide bonds. The van der Waals surface area contributed by atoms with Crippen LogP contribution in [0.15, 0.2) is 66.3 Å². The summed E-state index contributed by atoms with van der Waals surface area (Å²) < 4.78 is 0. The predicted octanol–water partition coefficient (Wildman–Crippen LogP) is 3.31. The van der Waals surface area contributed by atoms with Gasteiger partial charge in [0.05, 0.1) is 0 Å². The van der Waals surface area contributed by atoms with Gasteiger partial charge in [-0.3, -0.25) is 4.79 Å². The zero-order chi connectivity index (χ0) is 18.8. The van der Waals surface area contributed by atoms with E-state index in [-0.39, 0.29) is 17.1 Å². The van der Waals surface area contributed by atoms with Crippen molar-refractivity contribution in [3.63, 3.8) is 0 Å². The number of benzene rings is 2. The monoisotopic (exact) mass is 348 g/mol. The largest absolute Gasteiger partial charge is 0.508 e. The van der Waals surface area contributed by atoms with Gasteiger partial charge in [0.1, 0.15) is 23.1 Å². The Morgan fingerprint density at radius 2 is 1.81 bits per heavy atom. The molecule has 0 aliphatic rings. The van der Waals surface area contributed by atoms with Gasteiger partial charge in [0.25, 0.3) is 5.91 Å². The van der Waals surface area contributed by atoms with Crippen LogP contribution >= 0.6 is 0 Å². The van der Waals surface area contributed by atoms with Crippen molar-refractivity contribution in [3.05, 3.63) is 77.4 Å². The summed E-state index contributed by atoms with van der Waals surface area (Å²) in [5.41, 5.74) is 1.75. The van der Waals surface area contributed by atoms with Crippen LogP contribution in [0.4, 0.5) is 0 Å². The molecule has 0 heterocycles. The number of carbonyl (C=O) groups is 1. The first-order valence-corrected chi connectivity index (χ1v) is 8.22. The van der Waals surface area contributed by atoms with E-state index in [1.165, 1.54) is 35.9 Å². The Labute approximate surface area is 152 Å². The highest BCUT2D eigenvalue weighted by Crippen LogP contribution is 2.21. The summed E-state index contributed by atoms with van der Waals surface area (Å²) in [4.78, 5) is 12.0. The number of amides is 1. The van der Waals surface area contributed by atoms with E-state index in [1.54, 1.807) is 6.08 Å². The van der Waals surface area contributed by atoms with E-state index >= 15 is 0 Å². The van der Waals surface area contributed by atoms with E-state index in [0.29, 0.717) is 12.1 Å². The maximum Gasteiger partial charge on any atom is 0.261 e. The van der Waals surface area contributed by atoms with Gasteiger partial charge >= 0.3 is 0 Å². The second-order valence-electron chi connectivity index (χ2n) is 5.68. The normalized spacial score (nSPS) is 11.3.